The van der Waals surface area contributed by atoms with E-state index in [2.05, 4.69) is 0 Å². The number of hydrogen-bond acceptors (Lipinski definition) is 5. The van der Waals surface area contributed by atoms with Gasteiger partial charge in [-0.05, 0) is 11.8 Å². The van der Waals surface area contributed by atoms with Crippen LogP contribution in [0.25, 0.3) is 0 Å². The van der Waals surface area contributed by atoms with Crippen LogP contribution in [0.1, 0.15) is 26.7 Å². The van der Waals surface area contributed by atoms with Crippen LogP contribution in [0.15, 0.2) is 10.7 Å². The van der Waals surface area contributed by atoms with E-state index in [0.29, 0.717) is 0 Å². The van der Waals surface area contributed by atoms with E-state index in [1.165, 1.54) is 0 Å². The number of carbonyl (C=O) groups is 1. The van der Waals surface area contributed by atoms with Gasteiger partial charge in [-0.1, -0.05) is 13.8 Å². The summed E-state index contributed by atoms with van der Waals surface area (Å²) < 4.78 is 31.8. The van der Waals surface area contributed by atoms with Crippen LogP contribution < -0.4 is 34.7 Å². The molecule has 0 fully saturated rings. The predicted octanol–water partition coefficient (Wildman–Crippen LogP) is -3.50. The molecule has 0 spiro atoms. The summed E-state index contributed by atoms with van der Waals surface area (Å²) in [7, 11) is -4.91. The molecule has 0 radical (unpaired) electrons. The van der Waals surface area contributed by atoms with Gasteiger partial charge in [0.05, 0.1) is 4.91 Å². The number of hydrogen-bond donors (Lipinski definition) is 0. The number of allylic oxidation sites excluding steroid dienone is 2. The summed E-state index contributed by atoms with van der Waals surface area (Å²) in [5.74, 6) is -1.72. The largest absolute Gasteiger partial charge is 1.00 e. The Morgan fingerprint density at radius 3 is 2.07 bits per heavy atom. The van der Waals surface area contributed by atoms with Crippen molar-refractivity contribution in [1.82, 2.24) is 0 Å². The Hall–Kier alpha value is 0.120. The maximum absolute atomic E-state index is 11.2. The SMILES string of the molecule is CC1(C)CC(=O)C(S(=O)(=O)[O-])=C([O-])C1.[Na+]. The Labute approximate surface area is 111 Å². The first-order valence-corrected chi connectivity index (χ1v) is 5.43. The molecule has 7 heteroatoms. The van der Waals surface area contributed by atoms with E-state index in [4.69, 9.17) is 0 Å². The van der Waals surface area contributed by atoms with Gasteiger partial charge in [0.15, 0.2) is 5.78 Å². The summed E-state index contributed by atoms with van der Waals surface area (Å²) in [5, 5.41) is 11.2. The zero-order valence-corrected chi connectivity index (χ0v) is 11.7. The second kappa shape index (κ2) is 4.55. The first-order valence-electron chi connectivity index (χ1n) is 4.03. The Morgan fingerprint density at radius 1 is 1.27 bits per heavy atom. The standard InChI is InChI=1S/C8H12O5S.Na/c1-8(2)3-5(9)7(6(10)4-8)14(11,12)13;/h9H,3-4H2,1-2H3,(H,11,12,13);/q;+1/p-2. The van der Waals surface area contributed by atoms with Crippen LogP contribution in [0.5, 0.6) is 0 Å². The topological polar surface area (TPSA) is 97.3 Å². The summed E-state index contributed by atoms with van der Waals surface area (Å²) >= 11 is 0. The Morgan fingerprint density at radius 2 is 1.73 bits per heavy atom. The van der Waals surface area contributed by atoms with E-state index >= 15 is 0 Å². The summed E-state index contributed by atoms with van der Waals surface area (Å²) in [5.41, 5.74) is -0.553. The van der Waals surface area contributed by atoms with Gasteiger partial charge in [-0.2, -0.15) is 0 Å². The summed E-state index contributed by atoms with van der Waals surface area (Å²) in [4.78, 5) is 10.2. The molecule has 0 atom stereocenters. The Bertz CT molecular complexity index is 407. The van der Waals surface area contributed by atoms with Crippen molar-refractivity contribution in [2.75, 3.05) is 0 Å². The molecule has 1 aliphatic rings. The fourth-order valence-corrected chi connectivity index (χ4v) is 2.23. The molecule has 0 aromatic rings. The minimum Gasteiger partial charge on any atom is -0.874 e. The third-order valence-corrected chi connectivity index (χ3v) is 2.99. The second-order valence-electron chi connectivity index (χ2n) is 4.15. The van der Waals surface area contributed by atoms with Crippen molar-refractivity contribution in [2.24, 2.45) is 5.41 Å². The van der Waals surface area contributed by atoms with Gasteiger partial charge in [0, 0.05) is 6.42 Å². The van der Waals surface area contributed by atoms with E-state index in [-0.39, 0.29) is 42.4 Å². The third-order valence-electron chi connectivity index (χ3n) is 2.03. The number of rotatable bonds is 1. The summed E-state index contributed by atoms with van der Waals surface area (Å²) in [6.45, 7) is 3.36. The maximum Gasteiger partial charge on any atom is 1.00 e. The van der Waals surface area contributed by atoms with Crippen molar-refractivity contribution in [3.8, 4) is 0 Å². The molecule has 0 saturated carbocycles. The first-order chi connectivity index (χ1) is 6.13. The van der Waals surface area contributed by atoms with Gasteiger partial charge < -0.3 is 9.66 Å². The van der Waals surface area contributed by atoms with Gasteiger partial charge in [-0.15, -0.1) is 5.76 Å². The predicted molar refractivity (Wildman–Crippen MR) is 44.7 cm³/mol. The van der Waals surface area contributed by atoms with Gasteiger partial charge >= 0.3 is 29.6 Å². The van der Waals surface area contributed by atoms with Crippen molar-refractivity contribution in [3.05, 3.63) is 10.7 Å². The zero-order valence-electron chi connectivity index (χ0n) is 8.86. The fourth-order valence-electron chi connectivity index (χ4n) is 1.53. The average Bonchev–Trinajstić information content (AvgIpc) is 1.75. The van der Waals surface area contributed by atoms with Gasteiger partial charge in [-0.25, -0.2) is 8.42 Å². The van der Waals surface area contributed by atoms with Crippen molar-refractivity contribution in [1.29, 1.82) is 0 Å². The molecule has 5 nitrogen and oxygen atoms in total. The van der Waals surface area contributed by atoms with Crippen LogP contribution in [0.2, 0.25) is 0 Å². The molecule has 0 aromatic heterocycles. The van der Waals surface area contributed by atoms with Gasteiger partial charge in [0.1, 0.15) is 10.1 Å². The molecule has 1 rings (SSSR count). The summed E-state index contributed by atoms with van der Waals surface area (Å²) in [6.07, 6.45) is -0.148. The molecule has 15 heavy (non-hydrogen) atoms. The third kappa shape index (κ3) is 3.57. The van der Waals surface area contributed by atoms with Gasteiger partial charge in [0.25, 0.3) is 0 Å². The average molecular weight is 241 g/mol. The second-order valence-corrected chi connectivity index (χ2v) is 5.46. The van der Waals surface area contributed by atoms with E-state index in [0.717, 1.165) is 0 Å². The van der Waals surface area contributed by atoms with Crippen molar-refractivity contribution >= 4 is 15.9 Å². The van der Waals surface area contributed by atoms with Crippen LogP contribution in [0.4, 0.5) is 0 Å². The number of Topliss-reactive ketones (excluding diaryl/α,β-unsaturated/α-hetero) is 1. The molecular weight excluding hydrogens is 231 g/mol. The van der Waals surface area contributed by atoms with Crippen molar-refractivity contribution < 1.29 is 52.4 Å². The molecule has 1 aliphatic carbocycles. The van der Waals surface area contributed by atoms with Crippen LogP contribution in [-0.2, 0) is 14.9 Å². The molecule has 80 valence electrons. The smallest absolute Gasteiger partial charge is 0.874 e. The number of carbonyl (C=O) groups excluding carboxylic acids is 1. The van der Waals surface area contributed by atoms with E-state index < -0.39 is 32.0 Å². The van der Waals surface area contributed by atoms with E-state index in [1.54, 1.807) is 13.8 Å². The molecule has 0 unspecified atom stereocenters. The Kier molecular flexibility index (Phi) is 4.58. The number of ketones is 1. The van der Waals surface area contributed by atoms with Crippen LogP contribution >= 0.6 is 0 Å². The molecule has 0 bridgehead atoms. The molecule has 0 saturated heterocycles. The van der Waals surface area contributed by atoms with Crippen molar-refractivity contribution in [2.45, 2.75) is 26.7 Å². The molecule has 0 aliphatic heterocycles. The van der Waals surface area contributed by atoms with Crippen LogP contribution in [0.3, 0.4) is 0 Å². The first kappa shape index (κ1) is 15.1. The molecule has 0 aromatic carbocycles. The molecule has 0 N–H and O–H groups in total. The Balaban J connectivity index is 0.00000196. The van der Waals surface area contributed by atoms with Crippen LogP contribution in [0, 0.1) is 5.41 Å². The van der Waals surface area contributed by atoms with Gasteiger partial charge in [0.2, 0.25) is 0 Å². The minimum atomic E-state index is -4.91. The molecule has 0 amide bonds. The fraction of sp³-hybridized carbons (Fsp3) is 0.625. The maximum atomic E-state index is 11.2. The van der Waals surface area contributed by atoms with Crippen LogP contribution in [-0.4, -0.2) is 18.8 Å². The molecular formula is C8H10NaO5S-. The zero-order chi connectivity index (χ0) is 11.1. The molecule has 0 heterocycles. The summed E-state index contributed by atoms with van der Waals surface area (Å²) in [6, 6.07) is 0. The van der Waals surface area contributed by atoms with E-state index in [1.807, 2.05) is 0 Å². The normalized spacial score (nSPS) is 21.1. The van der Waals surface area contributed by atoms with Gasteiger partial charge in [-0.3, -0.25) is 4.79 Å². The van der Waals surface area contributed by atoms with Crippen molar-refractivity contribution in [3.63, 3.8) is 0 Å². The van der Waals surface area contributed by atoms with E-state index in [9.17, 15) is 22.9 Å². The minimum absolute atomic E-state index is 0. The quantitative estimate of drug-likeness (QED) is 0.350. The monoisotopic (exact) mass is 241 g/mol.